The van der Waals surface area contributed by atoms with Crippen LogP contribution >= 0.6 is 0 Å². The largest absolute Gasteiger partial charge is 0.278 e. The van der Waals surface area contributed by atoms with E-state index in [0.717, 1.165) is 0 Å². The van der Waals surface area contributed by atoms with Crippen molar-refractivity contribution >= 4 is 0 Å². The summed E-state index contributed by atoms with van der Waals surface area (Å²) in [6.07, 6.45) is 1.60. The Morgan fingerprint density at radius 1 is 1.14 bits per heavy atom. The van der Waals surface area contributed by atoms with Gasteiger partial charge in [-0.25, -0.2) is 4.39 Å². The summed E-state index contributed by atoms with van der Waals surface area (Å²) in [5.74, 6) is -0.234. The van der Waals surface area contributed by atoms with Crippen molar-refractivity contribution in [3.8, 4) is 11.3 Å². The van der Waals surface area contributed by atoms with Gasteiger partial charge in [0.1, 0.15) is 5.82 Å². The molecule has 0 amide bonds. The van der Waals surface area contributed by atoms with Gasteiger partial charge in [0.25, 0.3) is 0 Å². The van der Waals surface area contributed by atoms with E-state index >= 15 is 0 Å². The monoisotopic (exact) mass is 192 g/mol. The molecule has 14 heavy (non-hydrogen) atoms. The number of benzene rings is 1. The molecule has 1 heterocycles. The third kappa shape index (κ3) is 2.19. The Hall–Kier alpha value is -1.64. The molecule has 0 saturated carbocycles. The highest BCUT2D eigenvalue weighted by Crippen LogP contribution is 2.18. The van der Waals surface area contributed by atoms with Gasteiger partial charge in [0.15, 0.2) is 0 Å². The Balaban J connectivity index is 0.000000461. The second-order valence-corrected chi connectivity index (χ2v) is 2.45. The van der Waals surface area contributed by atoms with Crippen LogP contribution in [0.1, 0.15) is 13.8 Å². The lowest BCUT2D eigenvalue weighted by Crippen LogP contribution is -1.82. The summed E-state index contributed by atoms with van der Waals surface area (Å²) in [6, 6.07) is 8.33. The molecule has 1 aromatic heterocycles. The van der Waals surface area contributed by atoms with Gasteiger partial charge in [0.2, 0.25) is 0 Å². The zero-order valence-electron chi connectivity index (χ0n) is 8.29. The Labute approximate surface area is 82.8 Å². The lowest BCUT2D eigenvalue weighted by atomic mass is 10.1. The van der Waals surface area contributed by atoms with E-state index < -0.39 is 0 Å². The van der Waals surface area contributed by atoms with Crippen molar-refractivity contribution < 1.29 is 4.39 Å². The summed E-state index contributed by atoms with van der Waals surface area (Å²) >= 11 is 0. The molecule has 0 fully saturated rings. The number of hydrogen-bond donors (Lipinski definition) is 1. The second kappa shape index (κ2) is 5.17. The summed E-state index contributed by atoms with van der Waals surface area (Å²) in [5.41, 5.74) is 1.25. The predicted molar refractivity (Wildman–Crippen MR) is 55.3 cm³/mol. The first kappa shape index (κ1) is 10.4. The molecule has 74 valence electrons. The zero-order valence-corrected chi connectivity index (χ0v) is 8.29. The zero-order chi connectivity index (χ0) is 10.4. The van der Waals surface area contributed by atoms with Crippen LogP contribution in [-0.4, -0.2) is 10.2 Å². The minimum Gasteiger partial charge on any atom is -0.278 e. The molecule has 0 saturated heterocycles. The normalized spacial score (nSPS) is 9.07. The van der Waals surface area contributed by atoms with Gasteiger partial charge < -0.3 is 0 Å². The lowest BCUT2D eigenvalue weighted by molar-refractivity contribution is 0.630. The van der Waals surface area contributed by atoms with Crippen LogP contribution in [0.3, 0.4) is 0 Å². The van der Waals surface area contributed by atoms with Crippen LogP contribution in [0.4, 0.5) is 4.39 Å². The number of nitrogens with one attached hydrogen (secondary N) is 1. The maximum atomic E-state index is 13.1. The first-order valence-electron chi connectivity index (χ1n) is 4.62. The van der Waals surface area contributed by atoms with Crippen molar-refractivity contribution in [3.63, 3.8) is 0 Å². The van der Waals surface area contributed by atoms with Crippen molar-refractivity contribution in [2.75, 3.05) is 0 Å². The van der Waals surface area contributed by atoms with E-state index in [2.05, 4.69) is 10.2 Å². The molecule has 1 aromatic carbocycles. The second-order valence-electron chi connectivity index (χ2n) is 2.45. The molecule has 0 aliphatic carbocycles. The predicted octanol–water partition coefficient (Wildman–Crippen LogP) is 3.24. The van der Waals surface area contributed by atoms with E-state index in [-0.39, 0.29) is 5.82 Å². The molecule has 0 radical (unpaired) electrons. The fraction of sp³-hybridized carbons (Fsp3) is 0.182. The molecule has 0 aliphatic rings. The maximum Gasteiger partial charge on any atom is 0.132 e. The fourth-order valence-corrected chi connectivity index (χ4v) is 1.09. The molecule has 2 rings (SSSR count). The van der Waals surface area contributed by atoms with Crippen molar-refractivity contribution in [2.45, 2.75) is 13.8 Å². The van der Waals surface area contributed by atoms with Crippen LogP contribution in [0.15, 0.2) is 36.5 Å². The highest BCUT2D eigenvalue weighted by Gasteiger charge is 2.03. The summed E-state index contributed by atoms with van der Waals surface area (Å²) in [6.45, 7) is 4.00. The summed E-state index contributed by atoms with van der Waals surface area (Å²) < 4.78 is 13.1. The van der Waals surface area contributed by atoms with Crippen LogP contribution in [0, 0.1) is 5.82 Å². The van der Waals surface area contributed by atoms with E-state index in [0.29, 0.717) is 11.3 Å². The quantitative estimate of drug-likeness (QED) is 0.738. The molecule has 0 spiro atoms. The van der Waals surface area contributed by atoms with Gasteiger partial charge in [-0.1, -0.05) is 26.0 Å². The topological polar surface area (TPSA) is 28.7 Å². The number of H-pyrrole nitrogens is 1. The first-order valence-corrected chi connectivity index (χ1v) is 4.62. The molecule has 2 aromatic rings. The fourth-order valence-electron chi connectivity index (χ4n) is 1.09. The Morgan fingerprint density at radius 3 is 2.43 bits per heavy atom. The summed E-state index contributed by atoms with van der Waals surface area (Å²) in [5, 5.41) is 6.45. The van der Waals surface area contributed by atoms with Gasteiger partial charge in [-0.15, -0.1) is 0 Å². The minimum absolute atomic E-state index is 0.234. The number of halogens is 1. The lowest BCUT2D eigenvalue weighted by Gasteiger charge is -1.97. The maximum absolute atomic E-state index is 13.1. The van der Waals surface area contributed by atoms with E-state index in [1.165, 1.54) is 6.07 Å². The van der Waals surface area contributed by atoms with Crippen molar-refractivity contribution in [1.29, 1.82) is 0 Å². The van der Waals surface area contributed by atoms with Crippen LogP contribution in [0.25, 0.3) is 11.3 Å². The van der Waals surface area contributed by atoms with E-state index in [4.69, 9.17) is 0 Å². The summed E-state index contributed by atoms with van der Waals surface area (Å²) in [7, 11) is 0. The van der Waals surface area contributed by atoms with Gasteiger partial charge in [-0.2, -0.15) is 5.10 Å². The molecular weight excluding hydrogens is 179 g/mol. The average Bonchev–Trinajstić information content (AvgIpc) is 2.75. The van der Waals surface area contributed by atoms with Crippen molar-refractivity contribution in [3.05, 3.63) is 42.3 Å². The first-order chi connectivity index (χ1) is 6.88. The number of aromatic amines is 1. The van der Waals surface area contributed by atoms with E-state index in [1.54, 1.807) is 30.5 Å². The molecule has 2 nitrogen and oxygen atoms in total. The van der Waals surface area contributed by atoms with Crippen LogP contribution < -0.4 is 0 Å². The van der Waals surface area contributed by atoms with E-state index in [1.807, 2.05) is 13.8 Å². The average molecular weight is 192 g/mol. The van der Waals surface area contributed by atoms with Gasteiger partial charge in [-0.3, -0.25) is 5.10 Å². The van der Waals surface area contributed by atoms with Gasteiger partial charge in [-0.05, 0) is 18.2 Å². The molecule has 0 aliphatic heterocycles. The Morgan fingerprint density at radius 2 is 1.86 bits per heavy atom. The highest BCUT2D eigenvalue weighted by molar-refractivity contribution is 5.58. The van der Waals surface area contributed by atoms with Gasteiger partial charge in [0, 0.05) is 11.8 Å². The Kier molecular flexibility index (Phi) is 3.85. The standard InChI is InChI=1S/C9H7FN2.C2H6/c10-8-4-2-1-3-7(8)9-5-6-11-12-9;1-2/h1-6H,(H,11,12);1-2H3. The third-order valence-corrected chi connectivity index (χ3v) is 1.66. The Bertz CT molecular complexity index is 369. The molecule has 0 bridgehead atoms. The number of aromatic nitrogens is 2. The van der Waals surface area contributed by atoms with Crippen LogP contribution in [-0.2, 0) is 0 Å². The van der Waals surface area contributed by atoms with Gasteiger partial charge in [0.05, 0.1) is 5.69 Å². The van der Waals surface area contributed by atoms with Gasteiger partial charge >= 0.3 is 0 Å². The molecular formula is C11H13FN2. The third-order valence-electron chi connectivity index (χ3n) is 1.66. The van der Waals surface area contributed by atoms with Crippen LogP contribution in [0.2, 0.25) is 0 Å². The molecule has 3 heteroatoms. The smallest absolute Gasteiger partial charge is 0.132 e. The number of hydrogen-bond acceptors (Lipinski definition) is 1. The van der Waals surface area contributed by atoms with Crippen LogP contribution in [0.5, 0.6) is 0 Å². The number of rotatable bonds is 1. The minimum atomic E-state index is -0.234. The highest BCUT2D eigenvalue weighted by atomic mass is 19.1. The number of nitrogens with zero attached hydrogens (tertiary/aromatic N) is 1. The molecule has 0 atom stereocenters. The van der Waals surface area contributed by atoms with E-state index in [9.17, 15) is 4.39 Å². The van der Waals surface area contributed by atoms with Crippen molar-refractivity contribution in [2.24, 2.45) is 0 Å². The SMILES string of the molecule is CC.Fc1ccccc1-c1ccn[nH]1. The molecule has 1 N–H and O–H groups in total. The van der Waals surface area contributed by atoms with Crippen molar-refractivity contribution in [1.82, 2.24) is 10.2 Å². The summed E-state index contributed by atoms with van der Waals surface area (Å²) in [4.78, 5) is 0. The molecule has 0 unspecified atom stereocenters.